The van der Waals surface area contributed by atoms with Crippen molar-refractivity contribution >= 4 is 11.9 Å². The summed E-state index contributed by atoms with van der Waals surface area (Å²) in [5.41, 5.74) is 0. The predicted molar refractivity (Wildman–Crippen MR) is 162 cm³/mol. The molecule has 0 radical (unpaired) electrons. The Morgan fingerprint density at radius 2 is 0.683 bits per heavy atom. The first-order valence-electron chi connectivity index (χ1n) is 16.1. The number of esters is 2. The maximum absolute atomic E-state index is 12.2. The van der Waals surface area contributed by atoms with Gasteiger partial charge >= 0.3 is 11.9 Å². The van der Waals surface area contributed by atoms with Crippen LogP contribution in [0.3, 0.4) is 0 Å². The Morgan fingerprint density at radius 3 is 0.951 bits per heavy atom. The zero-order chi connectivity index (χ0) is 30.2. The molecular formula is C31H62N2O8. The highest BCUT2D eigenvalue weighted by Crippen LogP contribution is 1.99. The van der Waals surface area contributed by atoms with Crippen LogP contribution in [0.2, 0.25) is 0 Å². The molecule has 0 aromatic rings. The highest BCUT2D eigenvalue weighted by atomic mass is 16.6. The molecule has 0 atom stereocenters. The van der Waals surface area contributed by atoms with Gasteiger partial charge in [0.25, 0.3) is 0 Å². The molecule has 0 aromatic heterocycles. The zero-order valence-electron chi connectivity index (χ0n) is 26.8. The van der Waals surface area contributed by atoms with Crippen LogP contribution in [-0.2, 0) is 38.0 Å². The minimum Gasteiger partial charge on any atom is -0.464 e. The Hall–Kier alpha value is -1.30. The van der Waals surface area contributed by atoms with Gasteiger partial charge in [-0.1, -0.05) is 53.4 Å². The summed E-state index contributed by atoms with van der Waals surface area (Å²) in [6, 6.07) is 0. The number of carbonyl (C=O) groups excluding carboxylic acids is 2. The van der Waals surface area contributed by atoms with Crippen molar-refractivity contribution in [2.75, 3.05) is 105 Å². The molecule has 0 saturated carbocycles. The fraction of sp³-hybridized carbons (Fsp3) is 0.935. The molecule has 0 aliphatic rings. The molecule has 0 saturated heterocycles. The van der Waals surface area contributed by atoms with Crippen molar-refractivity contribution in [3.05, 3.63) is 0 Å². The molecule has 244 valence electrons. The Morgan fingerprint density at radius 1 is 0.415 bits per heavy atom. The SMILES string of the molecule is CCCCOCCN(CCOCCCC)CCOC(=O)CC(=O)OCCN(CCOCCCC)CCOCCCC. The summed E-state index contributed by atoms with van der Waals surface area (Å²) >= 11 is 0. The van der Waals surface area contributed by atoms with Gasteiger partial charge in [-0.25, -0.2) is 0 Å². The van der Waals surface area contributed by atoms with E-state index in [1.807, 2.05) is 0 Å². The van der Waals surface area contributed by atoms with Crippen LogP contribution in [0.4, 0.5) is 0 Å². The molecule has 0 aromatic carbocycles. The molecule has 0 heterocycles. The summed E-state index contributed by atoms with van der Waals surface area (Å²) in [5.74, 6) is -1.14. The van der Waals surface area contributed by atoms with Crippen LogP contribution < -0.4 is 0 Å². The quantitative estimate of drug-likeness (QED) is 0.0640. The first-order valence-corrected chi connectivity index (χ1v) is 16.1. The summed E-state index contributed by atoms with van der Waals surface area (Å²) in [4.78, 5) is 28.8. The van der Waals surface area contributed by atoms with Crippen LogP contribution in [0.15, 0.2) is 0 Å². The number of hydrogen-bond donors (Lipinski definition) is 0. The Bertz CT molecular complexity index is 506. The van der Waals surface area contributed by atoms with Crippen molar-refractivity contribution in [3.63, 3.8) is 0 Å². The second-order valence-electron chi connectivity index (χ2n) is 10.2. The maximum Gasteiger partial charge on any atom is 0.317 e. The summed E-state index contributed by atoms with van der Waals surface area (Å²) < 4.78 is 33.4. The summed E-state index contributed by atoms with van der Waals surface area (Å²) in [6.07, 6.45) is 8.23. The van der Waals surface area contributed by atoms with E-state index in [1.54, 1.807) is 0 Å². The molecule has 10 heteroatoms. The van der Waals surface area contributed by atoms with Crippen LogP contribution >= 0.6 is 0 Å². The molecule has 0 rings (SSSR count). The van der Waals surface area contributed by atoms with E-state index in [0.29, 0.717) is 39.5 Å². The Balaban J connectivity index is 4.32. The highest BCUT2D eigenvalue weighted by Gasteiger charge is 2.14. The van der Waals surface area contributed by atoms with E-state index in [-0.39, 0.29) is 19.6 Å². The van der Waals surface area contributed by atoms with E-state index in [9.17, 15) is 9.59 Å². The Labute approximate surface area is 250 Å². The molecule has 0 fully saturated rings. The highest BCUT2D eigenvalue weighted by molar-refractivity contribution is 5.91. The van der Waals surface area contributed by atoms with E-state index >= 15 is 0 Å². The van der Waals surface area contributed by atoms with Gasteiger partial charge in [0.15, 0.2) is 0 Å². The summed E-state index contributed by atoms with van der Waals surface area (Å²) in [5, 5.41) is 0. The molecule has 0 unspecified atom stereocenters. The van der Waals surface area contributed by atoms with Crippen molar-refractivity contribution < 1.29 is 38.0 Å². The topological polar surface area (TPSA) is 96.0 Å². The molecule has 41 heavy (non-hydrogen) atoms. The van der Waals surface area contributed by atoms with Crippen molar-refractivity contribution in [1.29, 1.82) is 0 Å². The number of hydrogen-bond acceptors (Lipinski definition) is 10. The van der Waals surface area contributed by atoms with Gasteiger partial charge in [0.05, 0.1) is 26.4 Å². The van der Waals surface area contributed by atoms with Gasteiger partial charge in [-0.15, -0.1) is 0 Å². The minimum atomic E-state index is -0.571. The third-order valence-corrected chi connectivity index (χ3v) is 6.41. The van der Waals surface area contributed by atoms with E-state index < -0.39 is 11.9 Å². The lowest BCUT2D eigenvalue weighted by molar-refractivity contribution is -0.155. The number of carbonyl (C=O) groups is 2. The van der Waals surface area contributed by atoms with Gasteiger partial charge in [-0.2, -0.15) is 0 Å². The number of ether oxygens (including phenoxy) is 6. The van der Waals surface area contributed by atoms with Crippen LogP contribution in [0, 0.1) is 0 Å². The lowest BCUT2D eigenvalue weighted by Gasteiger charge is -2.22. The zero-order valence-corrected chi connectivity index (χ0v) is 26.8. The van der Waals surface area contributed by atoms with Crippen LogP contribution in [0.5, 0.6) is 0 Å². The molecule has 0 bridgehead atoms. The summed E-state index contributed by atoms with van der Waals surface area (Å²) in [7, 11) is 0. The number of nitrogens with zero attached hydrogens (tertiary/aromatic N) is 2. The van der Waals surface area contributed by atoms with Gasteiger partial charge in [-0.05, 0) is 25.7 Å². The third-order valence-electron chi connectivity index (χ3n) is 6.41. The minimum absolute atomic E-state index is 0.208. The second-order valence-corrected chi connectivity index (χ2v) is 10.2. The van der Waals surface area contributed by atoms with E-state index in [0.717, 1.165) is 104 Å². The first kappa shape index (κ1) is 39.7. The average Bonchev–Trinajstić information content (AvgIpc) is 2.95. The van der Waals surface area contributed by atoms with Gasteiger partial charge in [0, 0.05) is 65.7 Å². The lowest BCUT2D eigenvalue weighted by Crippen LogP contribution is -2.35. The van der Waals surface area contributed by atoms with Crippen LogP contribution in [-0.4, -0.2) is 127 Å². The second kappa shape index (κ2) is 31.6. The van der Waals surface area contributed by atoms with Gasteiger partial charge in [0.2, 0.25) is 0 Å². The monoisotopic (exact) mass is 590 g/mol. The fourth-order valence-electron chi connectivity index (χ4n) is 3.64. The number of rotatable bonds is 32. The van der Waals surface area contributed by atoms with E-state index in [2.05, 4.69) is 37.5 Å². The van der Waals surface area contributed by atoms with Gasteiger partial charge in [0.1, 0.15) is 19.6 Å². The predicted octanol–water partition coefficient (Wildman–Crippen LogP) is 4.33. The van der Waals surface area contributed by atoms with Crippen LogP contribution in [0.1, 0.15) is 85.5 Å². The standard InChI is InChI=1S/C31H62N2O8/c1-5-9-19-36-23-13-32(14-24-37-20-10-6-2)17-27-40-30(34)29-31(35)41-28-18-33(15-25-38-21-11-7-3)16-26-39-22-12-8-4/h5-29H2,1-4H3. The smallest absolute Gasteiger partial charge is 0.317 e. The first-order chi connectivity index (χ1) is 20.1. The lowest BCUT2D eigenvalue weighted by atomic mass is 10.4. The van der Waals surface area contributed by atoms with Crippen molar-refractivity contribution in [2.24, 2.45) is 0 Å². The van der Waals surface area contributed by atoms with E-state index in [1.165, 1.54) is 0 Å². The molecule has 0 amide bonds. The summed E-state index contributed by atoms with van der Waals surface area (Å²) in [6.45, 7) is 18.6. The molecular weight excluding hydrogens is 528 g/mol. The Kier molecular flexibility index (Phi) is 30.6. The van der Waals surface area contributed by atoms with E-state index in [4.69, 9.17) is 28.4 Å². The van der Waals surface area contributed by atoms with Crippen molar-refractivity contribution in [1.82, 2.24) is 9.80 Å². The van der Waals surface area contributed by atoms with Gasteiger partial charge < -0.3 is 28.4 Å². The number of unbranched alkanes of at least 4 members (excludes halogenated alkanes) is 4. The maximum atomic E-state index is 12.2. The molecule has 0 aliphatic heterocycles. The fourth-order valence-corrected chi connectivity index (χ4v) is 3.64. The average molecular weight is 591 g/mol. The molecule has 10 nitrogen and oxygen atoms in total. The largest absolute Gasteiger partial charge is 0.464 e. The van der Waals surface area contributed by atoms with Crippen molar-refractivity contribution in [2.45, 2.75) is 85.5 Å². The van der Waals surface area contributed by atoms with Gasteiger partial charge in [-0.3, -0.25) is 19.4 Å². The van der Waals surface area contributed by atoms with Crippen molar-refractivity contribution in [3.8, 4) is 0 Å². The van der Waals surface area contributed by atoms with Crippen LogP contribution in [0.25, 0.3) is 0 Å². The molecule has 0 N–H and O–H groups in total. The molecule has 0 aliphatic carbocycles. The molecule has 0 spiro atoms. The third kappa shape index (κ3) is 28.6. The normalized spacial score (nSPS) is 11.5.